The van der Waals surface area contributed by atoms with Gasteiger partial charge in [-0.2, -0.15) is 5.10 Å². The summed E-state index contributed by atoms with van der Waals surface area (Å²) in [6.45, 7) is 0.601. The molecule has 2 aromatic carbocycles. The average molecular weight is 355 g/mol. The minimum Gasteiger partial charge on any atom is -0.357 e. The van der Waals surface area contributed by atoms with Gasteiger partial charge in [-0.25, -0.2) is 9.67 Å². The van der Waals surface area contributed by atoms with Crippen molar-refractivity contribution in [3.05, 3.63) is 89.0 Å². The lowest BCUT2D eigenvalue weighted by Crippen LogP contribution is -2.22. The molecule has 0 bridgehead atoms. The highest BCUT2D eigenvalue weighted by molar-refractivity contribution is 7.80. The number of nitrogens with one attached hydrogen (secondary N) is 1. The summed E-state index contributed by atoms with van der Waals surface area (Å²) < 4.78 is 1.78. The van der Waals surface area contributed by atoms with Crippen LogP contribution >= 0.6 is 23.8 Å². The van der Waals surface area contributed by atoms with Crippen LogP contribution in [0.3, 0.4) is 0 Å². The van der Waals surface area contributed by atoms with Gasteiger partial charge in [0.2, 0.25) is 0 Å². The Labute approximate surface area is 150 Å². The first-order chi connectivity index (χ1) is 11.7. The van der Waals surface area contributed by atoms with Crippen LogP contribution in [-0.2, 0) is 6.54 Å². The standard InChI is InChI=1S/C18H15ClN4S/c19-15-8-6-14(7-9-15)12-20-18(24)22-16-10-11-23(21-13-16)17-4-2-1-3-5-17/h1-11,13H,12H2,(H,20,24). The van der Waals surface area contributed by atoms with Gasteiger partial charge < -0.3 is 5.32 Å². The van der Waals surface area contributed by atoms with Gasteiger partial charge in [0.1, 0.15) is 0 Å². The van der Waals surface area contributed by atoms with E-state index in [1.165, 1.54) is 0 Å². The van der Waals surface area contributed by atoms with Gasteiger partial charge in [0.05, 0.1) is 17.2 Å². The Kier molecular flexibility index (Phi) is 5.36. The van der Waals surface area contributed by atoms with Gasteiger partial charge in [-0.05, 0) is 48.1 Å². The second kappa shape index (κ2) is 7.86. The molecule has 1 aromatic heterocycles. The van der Waals surface area contributed by atoms with Crippen LogP contribution in [0.25, 0.3) is 5.69 Å². The molecule has 1 N–H and O–H groups in total. The maximum absolute atomic E-state index is 5.87. The van der Waals surface area contributed by atoms with Gasteiger partial charge in [-0.1, -0.05) is 41.9 Å². The van der Waals surface area contributed by atoms with E-state index in [2.05, 4.69) is 15.4 Å². The zero-order chi connectivity index (χ0) is 16.8. The summed E-state index contributed by atoms with van der Waals surface area (Å²) in [6, 6.07) is 19.4. The van der Waals surface area contributed by atoms with Crippen molar-refractivity contribution in [2.45, 2.75) is 6.54 Å². The topological polar surface area (TPSA) is 42.2 Å². The van der Waals surface area contributed by atoms with Gasteiger partial charge in [0.15, 0.2) is 5.11 Å². The van der Waals surface area contributed by atoms with Crippen molar-refractivity contribution in [3.63, 3.8) is 0 Å². The van der Waals surface area contributed by atoms with Crippen molar-refractivity contribution in [3.8, 4) is 5.69 Å². The van der Waals surface area contributed by atoms with Crippen LogP contribution in [-0.4, -0.2) is 14.9 Å². The van der Waals surface area contributed by atoms with E-state index in [-0.39, 0.29) is 0 Å². The SMILES string of the molecule is S=C(N=c1ccn(-c2ccccc2)nc1)NCc1ccc(Cl)cc1. The van der Waals surface area contributed by atoms with Crippen LogP contribution in [0.5, 0.6) is 0 Å². The third-order valence-electron chi connectivity index (χ3n) is 3.31. The van der Waals surface area contributed by atoms with E-state index in [1.54, 1.807) is 10.9 Å². The predicted molar refractivity (Wildman–Crippen MR) is 100 cm³/mol. The molecule has 0 saturated carbocycles. The van der Waals surface area contributed by atoms with E-state index < -0.39 is 0 Å². The molecular formula is C18H15ClN4S. The molecule has 0 saturated heterocycles. The smallest absolute Gasteiger partial charge is 0.193 e. The number of thiocarbonyl (C=S) groups is 1. The molecular weight excluding hydrogens is 340 g/mol. The summed E-state index contributed by atoms with van der Waals surface area (Å²) in [7, 11) is 0. The highest BCUT2D eigenvalue weighted by atomic mass is 35.5. The summed E-state index contributed by atoms with van der Waals surface area (Å²) in [6.07, 6.45) is 3.54. The number of aromatic nitrogens is 2. The fraction of sp³-hybridized carbons (Fsp3) is 0.0556. The van der Waals surface area contributed by atoms with E-state index in [1.807, 2.05) is 66.9 Å². The van der Waals surface area contributed by atoms with Crippen LogP contribution in [0.1, 0.15) is 5.56 Å². The average Bonchev–Trinajstić information content (AvgIpc) is 2.63. The second-order valence-corrected chi connectivity index (χ2v) is 5.89. The van der Waals surface area contributed by atoms with Crippen molar-refractivity contribution in [2.24, 2.45) is 4.99 Å². The molecule has 3 rings (SSSR count). The van der Waals surface area contributed by atoms with Crippen LogP contribution < -0.4 is 10.7 Å². The van der Waals surface area contributed by atoms with Crippen molar-refractivity contribution in [2.75, 3.05) is 0 Å². The molecule has 0 aliphatic rings. The molecule has 0 unspecified atom stereocenters. The quantitative estimate of drug-likeness (QED) is 0.732. The number of para-hydroxylation sites is 1. The van der Waals surface area contributed by atoms with Gasteiger partial charge in [-0.15, -0.1) is 0 Å². The Morgan fingerprint density at radius 2 is 1.83 bits per heavy atom. The minimum atomic E-state index is 0.421. The number of benzene rings is 2. The molecule has 0 aliphatic heterocycles. The summed E-state index contributed by atoms with van der Waals surface area (Å²) in [5.41, 5.74) is 2.08. The van der Waals surface area contributed by atoms with Crippen LogP contribution in [0.15, 0.2) is 78.0 Å². The van der Waals surface area contributed by atoms with Crippen LogP contribution in [0, 0.1) is 0 Å². The normalized spacial score (nSPS) is 11.3. The highest BCUT2D eigenvalue weighted by Crippen LogP contribution is 2.09. The van der Waals surface area contributed by atoms with E-state index >= 15 is 0 Å². The Morgan fingerprint density at radius 3 is 2.50 bits per heavy atom. The van der Waals surface area contributed by atoms with Crippen molar-refractivity contribution in [1.82, 2.24) is 15.1 Å². The van der Waals surface area contributed by atoms with Crippen molar-refractivity contribution in [1.29, 1.82) is 0 Å². The number of nitrogens with zero attached hydrogens (tertiary/aromatic N) is 3. The van der Waals surface area contributed by atoms with E-state index in [0.717, 1.165) is 11.3 Å². The molecule has 1 heterocycles. The largest absolute Gasteiger partial charge is 0.357 e. The first kappa shape index (κ1) is 16.4. The van der Waals surface area contributed by atoms with Crippen LogP contribution in [0.2, 0.25) is 5.02 Å². The molecule has 4 nitrogen and oxygen atoms in total. The molecule has 6 heteroatoms. The summed E-state index contributed by atoms with van der Waals surface area (Å²) in [5, 5.41) is 9.29. The van der Waals surface area contributed by atoms with E-state index in [4.69, 9.17) is 23.8 Å². The summed E-state index contributed by atoms with van der Waals surface area (Å²) >= 11 is 11.1. The van der Waals surface area contributed by atoms with E-state index in [9.17, 15) is 0 Å². The fourth-order valence-electron chi connectivity index (χ4n) is 2.09. The van der Waals surface area contributed by atoms with Crippen molar-refractivity contribution >= 4 is 28.9 Å². The zero-order valence-corrected chi connectivity index (χ0v) is 14.3. The molecule has 0 aliphatic carbocycles. The third kappa shape index (κ3) is 4.50. The van der Waals surface area contributed by atoms with Gasteiger partial charge in [0.25, 0.3) is 0 Å². The molecule has 0 spiro atoms. The number of halogens is 1. The lowest BCUT2D eigenvalue weighted by atomic mass is 10.2. The zero-order valence-electron chi connectivity index (χ0n) is 12.8. The monoisotopic (exact) mass is 354 g/mol. The van der Waals surface area contributed by atoms with Gasteiger partial charge in [0, 0.05) is 17.8 Å². The fourth-order valence-corrected chi connectivity index (χ4v) is 2.39. The van der Waals surface area contributed by atoms with Crippen LogP contribution in [0.4, 0.5) is 0 Å². The Balaban J connectivity index is 1.65. The summed E-state index contributed by atoms with van der Waals surface area (Å²) in [4.78, 5) is 4.34. The Bertz CT molecular complexity index is 868. The molecule has 120 valence electrons. The lowest BCUT2D eigenvalue weighted by molar-refractivity contribution is 0.831. The lowest BCUT2D eigenvalue weighted by Gasteiger charge is -2.05. The first-order valence-electron chi connectivity index (χ1n) is 7.38. The second-order valence-electron chi connectivity index (χ2n) is 5.06. The van der Waals surface area contributed by atoms with Gasteiger partial charge >= 0.3 is 0 Å². The molecule has 3 aromatic rings. The number of hydrogen-bond donors (Lipinski definition) is 1. The molecule has 0 amide bonds. The maximum Gasteiger partial charge on any atom is 0.193 e. The maximum atomic E-state index is 5.87. The highest BCUT2D eigenvalue weighted by Gasteiger charge is 1.97. The molecule has 0 atom stereocenters. The molecule has 0 radical (unpaired) electrons. The first-order valence-corrected chi connectivity index (χ1v) is 8.17. The summed E-state index contributed by atoms with van der Waals surface area (Å²) in [5.74, 6) is 0. The number of rotatable bonds is 3. The Hall–Kier alpha value is -2.50. The molecule has 0 fully saturated rings. The molecule has 24 heavy (non-hydrogen) atoms. The number of hydrogen-bond acceptors (Lipinski definition) is 2. The Morgan fingerprint density at radius 1 is 1.08 bits per heavy atom. The van der Waals surface area contributed by atoms with Gasteiger partial charge in [-0.3, -0.25) is 0 Å². The predicted octanol–water partition coefficient (Wildman–Crippen LogP) is 3.50. The van der Waals surface area contributed by atoms with E-state index in [0.29, 0.717) is 22.0 Å². The third-order valence-corrected chi connectivity index (χ3v) is 3.80. The van der Waals surface area contributed by atoms with Crippen molar-refractivity contribution < 1.29 is 0 Å². The minimum absolute atomic E-state index is 0.421.